The van der Waals surface area contributed by atoms with Crippen LogP contribution >= 0.6 is 0 Å². The third kappa shape index (κ3) is 3.54. The Morgan fingerprint density at radius 3 is 2.10 bits per heavy atom. The third-order valence-electron chi connectivity index (χ3n) is 8.00. The van der Waals surface area contributed by atoms with Crippen LogP contribution in [0.1, 0.15) is 51.0 Å². The van der Waals surface area contributed by atoms with Crippen molar-refractivity contribution in [3.63, 3.8) is 0 Å². The van der Waals surface area contributed by atoms with E-state index in [2.05, 4.69) is 12.2 Å². The molecule has 1 aromatic carbocycles. The van der Waals surface area contributed by atoms with E-state index in [4.69, 9.17) is 0 Å². The Kier molecular flexibility index (Phi) is 4.87. The molecule has 31 heavy (non-hydrogen) atoms. The number of nitrogens with zero attached hydrogens (tertiary/aromatic N) is 2. The van der Waals surface area contributed by atoms with Gasteiger partial charge in [-0.1, -0.05) is 30.3 Å². The molecule has 0 aromatic heterocycles. The lowest BCUT2D eigenvalue weighted by Crippen LogP contribution is -2.57. The summed E-state index contributed by atoms with van der Waals surface area (Å²) < 4.78 is 0. The summed E-state index contributed by atoms with van der Waals surface area (Å²) in [6.45, 7) is 1.67. The fourth-order valence-electron chi connectivity index (χ4n) is 6.89. The number of hydrogen-bond donors (Lipinski definition) is 1. The van der Waals surface area contributed by atoms with Crippen LogP contribution in [0.3, 0.4) is 0 Å². The van der Waals surface area contributed by atoms with Gasteiger partial charge in [-0.3, -0.25) is 19.3 Å². The number of carbonyl (C=O) groups is 4. The van der Waals surface area contributed by atoms with Crippen LogP contribution in [0.5, 0.6) is 0 Å². The Morgan fingerprint density at radius 2 is 1.52 bits per heavy atom. The number of urea groups is 1. The SMILES string of the molecule is C[C@H](NC(=O)CN1C(=O)C(=O)N(Cc2ccccc2)C1=O)C12CC3CC(CC(C3)C1)C2. The maximum Gasteiger partial charge on any atom is 0.335 e. The van der Waals surface area contributed by atoms with Crippen molar-refractivity contribution in [3.8, 4) is 0 Å². The van der Waals surface area contributed by atoms with E-state index in [0.717, 1.165) is 52.4 Å². The van der Waals surface area contributed by atoms with Crippen LogP contribution in [0.15, 0.2) is 30.3 Å². The number of carbonyl (C=O) groups excluding carboxylic acids is 4. The molecule has 7 nitrogen and oxygen atoms in total. The van der Waals surface area contributed by atoms with Crippen molar-refractivity contribution in [2.45, 2.75) is 58.0 Å². The van der Waals surface area contributed by atoms with Crippen molar-refractivity contribution in [1.29, 1.82) is 0 Å². The third-order valence-corrected chi connectivity index (χ3v) is 8.00. The topological polar surface area (TPSA) is 86.8 Å². The van der Waals surface area contributed by atoms with E-state index in [0.29, 0.717) is 0 Å². The Morgan fingerprint density at radius 1 is 0.968 bits per heavy atom. The van der Waals surface area contributed by atoms with Gasteiger partial charge in [0.05, 0.1) is 6.54 Å². The second-order valence-corrected chi connectivity index (χ2v) is 10.1. The molecular weight excluding hydrogens is 394 g/mol. The molecule has 1 heterocycles. The first-order valence-electron chi connectivity index (χ1n) is 11.4. The summed E-state index contributed by atoms with van der Waals surface area (Å²) in [5.41, 5.74) is 0.886. The average molecular weight is 424 g/mol. The number of benzene rings is 1. The zero-order valence-corrected chi connectivity index (χ0v) is 17.9. The summed E-state index contributed by atoms with van der Waals surface area (Å²) in [7, 11) is 0. The summed E-state index contributed by atoms with van der Waals surface area (Å²) in [6, 6.07) is 8.29. The van der Waals surface area contributed by atoms with Gasteiger partial charge in [0.2, 0.25) is 5.91 Å². The quantitative estimate of drug-likeness (QED) is 0.563. The van der Waals surface area contributed by atoms with Crippen LogP contribution in [0.4, 0.5) is 4.79 Å². The van der Waals surface area contributed by atoms with Crippen LogP contribution in [-0.2, 0) is 20.9 Å². The highest BCUT2D eigenvalue weighted by molar-refractivity contribution is 6.44. The standard InChI is InChI=1S/C24H29N3O4/c1-15(24-10-17-7-18(11-24)9-19(8-17)12-24)25-20(28)14-27-22(30)21(29)26(23(27)31)13-16-5-3-2-4-6-16/h2-6,15,17-19H,7-14H2,1H3,(H,25,28)/t15-,17?,18?,19?,24?/m0/s1. The number of imide groups is 2. The van der Waals surface area contributed by atoms with Crippen molar-refractivity contribution < 1.29 is 19.2 Å². The molecular formula is C24H29N3O4. The van der Waals surface area contributed by atoms with E-state index >= 15 is 0 Å². The number of nitrogens with one attached hydrogen (secondary N) is 1. The molecule has 0 radical (unpaired) electrons. The molecule has 1 aliphatic heterocycles. The molecule has 4 bridgehead atoms. The highest BCUT2D eigenvalue weighted by Gasteiger charge is 2.53. The van der Waals surface area contributed by atoms with Crippen LogP contribution in [0.2, 0.25) is 0 Å². The molecule has 5 fully saturated rings. The Bertz CT molecular complexity index is 893. The van der Waals surface area contributed by atoms with E-state index in [9.17, 15) is 19.2 Å². The summed E-state index contributed by atoms with van der Waals surface area (Å²) in [6.07, 6.45) is 7.46. The molecule has 6 rings (SSSR count). The van der Waals surface area contributed by atoms with Gasteiger partial charge in [0.25, 0.3) is 0 Å². The molecule has 4 aliphatic carbocycles. The largest absolute Gasteiger partial charge is 0.352 e. The van der Waals surface area contributed by atoms with Gasteiger partial charge in [0.15, 0.2) is 0 Å². The lowest BCUT2D eigenvalue weighted by Gasteiger charge is -2.59. The lowest BCUT2D eigenvalue weighted by molar-refractivity contribution is -0.144. The molecule has 164 valence electrons. The summed E-state index contributed by atoms with van der Waals surface area (Å²) >= 11 is 0. The second kappa shape index (κ2) is 7.46. The van der Waals surface area contributed by atoms with Gasteiger partial charge in [-0.15, -0.1) is 0 Å². The van der Waals surface area contributed by atoms with Crippen molar-refractivity contribution in [1.82, 2.24) is 15.1 Å². The molecule has 1 atom stereocenters. The van der Waals surface area contributed by atoms with Crippen molar-refractivity contribution >= 4 is 23.8 Å². The molecule has 0 spiro atoms. The number of rotatable bonds is 6. The first-order chi connectivity index (χ1) is 14.8. The molecule has 1 saturated heterocycles. The fraction of sp³-hybridized carbons (Fsp3) is 0.583. The van der Waals surface area contributed by atoms with Crippen LogP contribution < -0.4 is 5.32 Å². The predicted molar refractivity (Wildman–Crippen MR) is 112 cm³/mol. The van der Waals surface area contributed by atoms with Crippen molar-refractivity contribution in [2.75, 3.05) is 6.54 Å². The number of hydrogen-bond acceptors (Lipinski definition) is 4. The van der Waals surface area contributed by atoms with Gasteiger partial charge in [0, 0.05) is 6.04 Å². The Labute approximate surface area is 182 Å². The van der Waals surface area contributed by atoms with Crippen LogP contribution in [-0.4, -0.2) is 46.1 Å². The van der Waals surface area contributed by atoms with E-state index in [1.54, 1.807) is 24.3 Å². The minimum Gasteiger partial charge on any atom is -0.352 e. The maximum absolute atomic E-state index is 12.8. The minimum absolute atomic E-state index is 0.00247. The summed E-state index contributed by atoms with van der Waals surface area (Å²) in [4.78, 5) is 51.9. The average Bonchev–Trinajstić information content (AvgIpc) is 2.92. The highest BCUT2D eigenvalue weighted by Crippen LogP contribution is 2.61. The Balaban J connectivity index is 1.22. The zero-order chi connectivity index (χ0) is 21.8. The zero-order valence-electron chi connectivity index (χ0n) is 17.9. The van der Waals surface area contributed by atoms with Gasteiger partial charge < -0.3 is 5.32 Å². The van der Waals surface area contributed by atoms with E-state index in [-0.39, 0.29) is 23.9 Å². The summed E-state index contributed by atoms with van der Waals surface area (Å²) in [5.74, 6) is 0.137. The molecule has 7 heteroatoms. The fourth-order valence-corrected chi connectivity index (χ4v) is 6.89. The molecule has 1 aromatic rings. The highest BCUT2D eigenvalue weighted by atomic mass is 16.2. The molecule has 0 unspecified atom stereocenters. The normalized spacial score (nSPS) is 32.7. The van der Waals surface area contributed by atoms with Crippen LogP contribution in [0.25, 0.3) is 0 Å². The number of amides is 5. The minimum atomic E-state index is -0.932. The van der Waals surface area contributed by atoms with E-state index in [1.807, 2.05) is 6.07 Å². The van der Waals surface area contributed by atoms with Crippen LogP contribution in [0, 0.1) is 23.2 Å². The molecule has 5 amide bonds. The van der Waals surface area contributed by atoms with Crippen molar-refractivity contribution in [2.24, 2.45) is 23.2 Å². The predicted octanol–water partition coefficient (Wildman–Crippen LogP) is 2.70. The van der Waals surface area contributed by atoms with E-state index in [1.165, 1.54) is 19.3 Å². The maximum atomic E-state index is 12.8. The molecule has 5 aliphatic rings. The van der Waals surface area contributed by atoms with Gasteiger partial charge in [-0.05, 0) is 74.2 Å². The Hall–Kier alpha value is -2.70. The molecule has 1 N–H and O–H groups in total. The van der Waals surface area contributed by atoms with E-state index < -0.39 is 24.4 Å². The second-order valence-electron chi connectivity index (χ2n) is 10.1. The van der Waals surface area contributed by atoms with Gasteiger partial charge in [-0.2, -0.15) is 0 Å². The summed E-state index contributed by atoms with van der Waals surface area (Å²) in [5, 5.41) is 3.07. The molecule has 4 saturated carbocycles. The van der Waals surface area contributed by atoms with Gasteiger partial charge in [0.1, 0.15) is 6.54 Å². The van der Waals surface area contributed by atoms with Gasteiger partial charge in [-0.25, -0.2) is 9.69 Å². The first-order valence-corrected chi connectivity index (χ1v) is 11.4. The lowest BCUT2D eigenvalue weighted by atomic mass is 9.48. The monoisotopic (exact) mass is 423 g/mol. The van der Waals surface area contributed by atoms with Gasteiger partial charge >= 0.3 is 17.8 Å². The smallest absolute Gasteiger partial charge is 0.335 e. The first kappa shape index (κ1) is 20.2. The van der Waals surface area contributed by atoms with Crippen molar-refractivity contribution in [3.05, 3.63) is 35.9 Å².